The lowest BCUT2D eigenvalue weighted by atomic mass is 10.1. The van der Waals surface area contributed by atoms with Crippen molar-refractivity contribution in [3.05, 3.63) is 48.0 Å². The Morgan fingerprint density at radius 2 is 1.88 bits per heavy atom. The van der Waals surface area contributed by atoms with Gasteiger partial charge in [0.2, 0.25) is 6.10 Å². The van der Waals surface area contributed by atoms with Gasteiger partial charge in [0, 0.05) is 0 Å². The van der Waals surface area contributed by atoms with E-state index in [2.05, 4.69) is 10.3 Å². The molecular weight excluding hydrogens is 324 g/mol. The van der Waals surface area contributed by atoms with Crippen LogP contribution in [0.3, 0.4) is 0 Å². The summed E-state index contributed by atoms with van der Waals surface area (Å²) in [6, 6.07) is 13.3. The molecule has 0 fully saturated rings. The van der Waals surface area contributed by atoms with Crippen LogP contribution in [0.5, 0.6) is 11.5 Å². The highest BCUT2D eigenvalue weighted by molar-refractivity contribution is 7.22. The molecule has 122 valence electrons. The number of nitrogens with one attached hydrogen (secondary N) is 1. The number of thiazole rings is 1. The van der Waals surface area contributed by atoms with Crippen LogP contribution in [0.15, 0.2) is 42.5 Å². The van der Waals surface area contributed by atoms with E-state index in [1.165, 1.54) is 11.3 Å². The minimum Gasteiger partial charge on any atom is -0.482 e. The average molecular weight is 340 g/mol. The Bertz CT molecular complexity index is 922. The lowest BCUT2D eigenvalue weighted by molar-refractivity contribution is -0.128. The van der Waals surface area contributed by atoms with Crippen molar-refractivity contribution in [3.8, 4) is 11.5 Å². The summed E-state index contributed by atoms with van der Waals surface area (Å²) in [5.41, 5.74) is 2.00. The molecule has 0 saturated carbocycles. The zero-order chi connectivity index (χ0) is 16.7. The number of fused-ring (bicyclic) bond motifs is 2. The van der Waals surface area contributed by atoms with Crippen molar-refractivity contribution in [3.63, 3.8) is 0 Å². The Hall–Kier alpha value is -2.60. The number of aromatic nitrogens is 1. The van der Waals surface area contributed by atoms with Gasteiger partial charge in [0.05, 0.1) is 10.2 Å². The van der Waals surface area contributed by atoms with E-state index in [9.17, 15) is 4.79 Å². The Morgan fingerprint density at radius 3 is 2.62 bits per heavy atom. The second-order valence-electron chi connectivity index (χ2n) is 5.74. The van der Waals surface area contributed by atoms with Crippen LogP contribution >= 0.6 is 11.3 Å². The molecule has 0 aliphatic carbocycles. The van der Waals surface area contributed by atoms with Crippen LogP contribution < -0.4 is 14.8 Å². The van der Waals surface area contributed by atoms with Crippen LogP contribution in [0.25, 0.3) is 10.2 Å². The first-order chi connectivity index (χ1) is 11.6. The Kier molecular flexibility index (Phi) is 3.61. The van der Waals surface area contributed by atoms with Crippen LogP contribution in [0, 0.1) is 6.92 Å². The number of anilines is 1. The molecule has 2 heterocycles. The van der Waals surface area contributed by atoms with Gasteiger partial charge in [0.1, 0.15) is 6.10 Å². The number of carbonyl (C=O) groups excluding carboxylic acids is 1. The predicted molar refractivity (Wildman–Crippen MR) is 93.9 cm³/mol. The number of ether oxygens (including phenoxy) is 2. The molecular formula is C18H16N2O3S. The summed E-state index contributed by atoms with van der Waals surface area (Å²) in [7, 11) is 0. The van der Waals surface area contributed by atoms with Crippen molar-refractivity contribution in [1.82, 2.24) is 4.98 Å². The van der Waals surface area contributed by atoms with Gasteiger partial charge in [-0.15, -0.1) is 0 Å². The molecule has 0 bridgehead atoms. The lowest BCUT2D eigenvalue weighted by Crippen LogP contribution is -2.46. The first kappa shape index (κ1) is 15.0. The third-order valence-corrected chi connectivity index (χ3v) is 4.89. The molecule has 5 nitrogen and oxygen atoms in total. The Morgan fingerprint density at radius 1 is 1.12 bits per heavy atom. The van der Waals surface area contributed by atoms with Gasteiger partial charge in [-0.05, 0) is 37.6 Å². The Balaban J connectivity index is 1.56. The van der Waals surface area contributed by atoms with Crippen molar-refractivity contribution in [2.75, 3.05) is 5.32 Å². The van der Waals surface area contributed by atoms with E-state index in [-0.39, 0.29) is 12.0 Å². The molecule has 1 aliphatic rings. The molecule has 1 amide bonds. The zero-order valence-electron chi connectivity index (χ0n) is 13.3. The maximum Gasteiger partial charge on any atom is 0.271 e. The van der Waals surface area contributed by atoms with Gasteiger partial charge in [-0.1, -0.05) is 35.6 Å². The fraction of sp³-hybridized carbons (Fsp3) is 0.222. The van der Waals surface area contributed by atoms with Crippen LogP contribution in [0.4, 0.5) is 5.13 Å². The minimum atomic E-state index is -0.715. The number of hydrogen-bond acceptors (Lipinski definition) is 5. The van der Waals surface area contributed by atoms with Crippen molar-refractivity contribution < 1.29 is 14.3 Å². The molecule has 24 heavy (non-hydrogen) atoms. The number of benzene rings is 2. The molecule has 6 heteroatoms. The normalized spacial score (nSPS) is 19.2. The van der Waals surface area contributed by atoms with Crippen LogP contribution in [-0.4, -0.2) is 23.1 Å². The summed E-state index contributed by atoms with van der Waals surface area (Å²) in [5.74, 6) is 0.981. The zero-order valence-corrected chi connectivity index (χ0v) is 14.1. The van der Waals surface area contributed by atoms with E-state index >= 15 is 0 Å². The topological polar surface area (TPSA) is 60.5 Å². The second kappa shape index (κ2) is 5.79. The van der Waals surface area contributed by atoms with Gasteiger partial charge in [-0.2, -0.15) is 0 Å². The molecule has 2 aromatic carbocycles. The molecule has 2 unspecified atom stereocenters. The quantitative estimate of drug-likeness (QED) is 0.771. The molecule has 4 rings (SSSR count). The second-order valence-corrected chi connectivity index (χ2v) is 6.77. The van der Waals surface area contributed by atoms with Crippen molar-refractivity contribution in [2.45, 2.75) is 26.1 Å². The third kappa shape index (κ3) is 2.59. The first-order valence-corrected chi connectivity index (χ1v) is 8.53. The predicted octanol–water partition coefficient (Wildman–Crippen LogP) is 3.77. The van der Waals surface area contributed by atoms with E-state index in [0.29, 0.717) is 16.6 Å². The summed E-state index contributed by atoms with van der Waals surface area (Å²) in [6.45, 7) is 3.83. The third-order valence-electron chi connectivity index (χ3n) is 3.95. The van der Waals surface area contributed by atoms with Crippen LogP contribution in [0.2, 0.25) is 0 Å². The molecule has 3 aromatic rings. The van der Waals surface area contributed by atoms with Gasteiger partial charge in [0.25, 0.3) is 5.91 Å². The van der Waals surface area contributed by atoms with E-state index in [1.807, 2.05) is 50.2 Å². The SMILES string of the molecule is Cc1cccc2sc(NC(=O)C3Oc4ccccc4OC3C)nc12. The van der Waals surface area contributed by atoms with Gasteiger partial charge < -0.3 is 9.47 Å². The molecule has 1 aromatic heterocycles. The Labute approximate surface area is 143 Å². The number of para-hydroxylation sites is 3. The average Bonchev–Trinajstić information content (AvgIpc) is 2.98. The fourth-order valence-electron chi connectivity index (χ4n) is 2.72. The monoisotopic (exact) mass is 340 g/mol. The maximum atomic E-state index is 12.6. The highest BCUT2D eigenvalue weighted by atomic mass is 32.1. The highest BCUT2D eigenvalue weighted by Crippen LogP contribution is 2.34. The summed E-state index contributed by atoms with van der Waals surface area (Å²) >= 11 is 1.45. The summed E-state index contributed by atoms with van der Waals surface area (Å²) in [4.78, 5) is 17.1. The molecule has 1 N–H and O–H groups in total. The number of amides is 1. The highest BCUT2D eigenvalue weighted by Gasteiger charge is 2.34. The van der Waals surface area contributed by atoms with Crippen molar-refractivity contribution >= 4 is 32.6 Å². The fourth-order valence-corrected chi connectivity index (χ4v) is 3.67. The minimum absolute atomic E-state index is 0.256. The molecule has 0 radical (unpaired) electrons. The number of rotatable bonds is 2. The lowest BCUT2D eigenvalue weighted by Gasteiger charge is -2.30. The molecule has 0 saturated heterocycles. The summed E-state index contributed by atoms with van der Waals surface area (Å²) in [5, 5.41) is 3.42. The van der Waals surface area contributed by atoms with Crippen molar-refractivity contribution in [2.24, 2.45) is 0 Å². The van der Waals surface area contributed by atoms with Crippen molar-refractivity contribution in [1.29, 1.82) is 0 Å². The molecule has 1 aliphatic heterocycles. The molecule has 0 spiro atoms. The standard InChI is InChI=1S/C18H16N2O3S/c1-10-6-5-9-14-15(10)19-18(24-14)20-17(21)16-11(2)22-12-7-3-4-8-13(12)23-16/h3-9,11,16H,1-2H3,(H,19,20,21). The van der Waals surface area contributed by atoms with E-state index in [4.69, 9.17) is 9.47 Å². The maximum absolute atomic E-state index is 12.6. The first-order valence-electron chi connectivity index (χ1n) is 7.71. The number of carbonyl (C=O) groups is 1. The summed E-state index contributed by atoms with van der Waals surface area (Å²) < 4.78 is 12.6. The van der Waals surface area contributed by atoms with Gasteiger partial charge >= 0.3 is 0 Å². The molecule has 2 atom stereocenters. The van der Waals surface area contributed by atoms with E-state index in [1.54, 1.807) is 6.07 Å². The summed E-state index contributed by atoms with van der Waals surface area (Å²) in [6.07, 6.45) is -1.09. The smallest absolute Gasteiger partial charge is 0.271 e. The number of nitrogens with zero attached hydrogens (tertiary/aromatic N) is 1. The van der Waals surface area contributed by atoms with Crippen LogP contribution in [-0.2, 0) is 4.79 Å². The van der Waals surface area contributed by atoms with Gasteiger partial charge in [-0.3, -0.25) is 10.1 Å². The largest absolute Gasteiger partial charge is 0.482 e. The number of aryl methyl sites for hydroxylation is 1. The van der Waals surface area contributed by atoms with E-state index < -0.39 is 6.10 Å². The van der Waals surface area contributed by atoms with Crippen LogP contribution in [0.1, 0.15) is 12.5 Å². The van der Waals surface area contributed by atoms with Gasteiger partial charge in [-0.25, -0.2) is 4.98 Å². The van der Waals surface area contributed by atoms with Gasteiger partial charge in [0.15, 0.2) is 16.6 Å². The van der Waals surface area contributed by atoms with E-state index in [0.717, 1.165) is 15.8 Å². The number of hydrogen-bond donors (Lipinski definition) is 1.